The first-order valence-corrected chi connectivity index (χ1v) is 8.83. The molecular weight excluding hydrogens is 354 g/mol. The van der Waals surface area contributed by atoms with E-state index in [1.807, 2.05) is 29.2 Å². The van der Waals surface area contributed by atoms with Gasteiger partial charge in [0.25, 0.3) is 0 Å². The fraction of sp³-hybridized carbons (Fsp3) is 0.294. The van der Waals surface area contributed by atoms with E-state index in [9.17, 15) is 0 Å². The van der Waals surface area contributed by atoms with E-state index in [0.29, 0.717) is 22.9 Å². The molecule has 0 unspecified atom stereocenters. The fourth-order valence-electron chi connectivity index (χ4n) is 3.22. The van der Waals surface area contributed by atoms with E-state index in [2.05, 4.69) is 25.4 Å². The lowest BCUT2D eigenvalue weighted by Crippen LogP contribution is -2.28. The standard InChI is InChI=1S/C17H16ClN7O/c18-15-9-21-17-20-7-11(10-24(15)17)13-1-4-25-14(13)8-19-16(23-25)22-12-2-5-26-6-3-12/h1,4,7-10,12H,2-3,5-6H2,(H,22,23). The number of fused-ring (bicyclic) bond motifs is 2. The van der Waals surface area contributed by atoms with E-state index >= 15 is 0 Å². The zero-order valence-electron chi connectivity index (χ0n) is 13.8. The van der Waals surface area contributed by atoms with Gasteiger partial charge in [-0.25, -0.2) is 19.5 Å². The molecule has 26 heavy (non-hydrogen) atoms. The molecule has 132 valence electrons. The lowest BCUT2D eigenvalue weighted by atomic mass is 10.1. The van der Waals surface area contributed by atoms with Gasteiger partial charge in [0.05, 0.1) is 17.9 Å². The Morgan fingerprint density at radius 3 is 2.85 bits per heavy atom. The van der Waals surface area contributed by atoms with Crippen LogP contribution in [0.3, 0.4) is 0 Å². The van der Waals surface area contributed by atoms with Gasteiger partial charge in [-0.15, -0.1) is 5.10 Å². The zero-order chi connectivity index (χ0) is 17.5. The van der Waals surface area contributed by atoms with E-state index in [0.717, 1.165) is 42.7 Å². The van der Waals surface area contributed by atoms with Crippen LogP contribution in [0.2, 0.25) is 5.15 Å². The summed E-state index contributed by atoms with van der Waals surface area (Å²) in [5, 5.41) is 8.48. The molecule has 1 N–H and O–H groups in total. The number of rotatable bonds is 3. The third-order valence-electron chi connectivity index (χ3n) is 4.60. The Morgan fingerprint density at radius 2 is 1.96 bits per heavy atom. The summed E-state index contributed by atoms with van der Waals surface area (Å²) in [6.07, 6.45) is 11.0. The van der Waals surface area contributed by atoms with Gasteiger partial charge in [0, 0.05) is 49.0 Å². The van der Waals surface area contributed by atoms with Crippen LogP contribution < -0.4 is 5.32 Å². The fourth-order valence-corrected chi connectivity index (χ4v) is 3.39. The first-order valence-electron chi connectivity index (χ1n) is 8.45. The van der Waals surface area contributed by atoms with Crippen molar-refractivity contribution in [3.63, 3.8) is 0 Å². The average molecular weight is 370 g/mol. The smallest absolute Gasteiger partial charge is 0.241 e. The molecule has 0 amide bonds. The van der Waals surface area contributed by atoms with Gasteiger partial charge in [0.2, 0.25) is 11.7 Å². The Kier molecular flexibility index (Phi) is 3.72. The van der Waals surface area contributed by atoms with Crippen LogP contribution in [-0.4, -0.2) is 48.2 Å². The Bertz CT molecular complexity index is 1080. The second kappa shape index (κ2) is 6.22. The van der Waals surface area contributed by atoms with Crippen molar-refractivity contribution in [1.29, 1.82) is 0 Å². The van der Waals surface area contributed by atoms with Crippen molar-refractivity contribution in [3.05, 3.63) is 42.2 Å². The molecule has 4 aromatic heterocycles. The molecule has 1 saturated heterocycles. The van der Waals surface area contributed by atoms with Crippen molar-refractivity contribution in [1.82, 2.24) is 29.0 Å². The molecule has 1 aliphatic heterocycles. The molecule has 4 aromatic rings. The number of nitrogens with zero attached hydrogens (tertiary/aromatic N) is 6. The van der Waals surface area contributed by atoms with Crippen LogP contribution in [0.15, 0.2) is 37.1 Å². The normalized spacial score (nSPS) is 15.7. The molecular formula is C17H16ClN7O. The van der Waals surface area contributed by atoms with Gasteiger partial charge in [0.1, 0.15) is 5.15 Å². The van der Waals surface area contributed by atoms with Crippen molar-refractivity contribution in [3.8, 4) is 11.1 Å². The Balaban J connectivity index is 1.49. The summed E-state index contributed by atoms with van der Waals surface area (Å²) in [6.45, 7) is 1.56. The summed E-state index contributed by atoms with van der Waals surface area (Å²) in [5.41, 5.74) is 2.82. The van der Waals surface area contributed by atoms with Crippen molar-refractivity contribution in [2.45, 2.75) is 18.9 Å². The van der Waals surface area contributed by atoms with Crippen LogP contribution in [0.5, 0.6) is 0 Å². The third kappa shape index (κ3) is 2.67. The second-order valence-corrected chi connectivity index (χ2v) is 6.65. The molecule has 0 radical (unpaired) electrons. The molecule has 0 spiro atoms. The van der Waals surface area contributed by atoms with E-state index in [4.69, 9.17) is 16.3 Å². The zero-order valence-corrected chi connectivity index (χ0v) is 14.6. The van der Waals surface area contributed by atoms with E-state index in [-0.39, 0.29) is 0 Å². The molecule has 9 heteroatoms. The molecule has 1 aliphatic rings. The van der Waals surface area contributed by atoms with Crippen LogP contribution in [0.1, 0.15) is 12.8 Å². The van der Waals surface area contributed by atoms with Crippen LogP contribution in [0.25, 0.3) is 22.4 Å². The highest BCUT2D eigenvalue weighted by Crippen LogP contribution is 2.26. The number of nitrogens with one attached hydrogen (secondary N) is 1. The SMILES string of the molecule is Clc1cnc2ncc(-c3ccn4nc(NC5CCOCC5)ncc34)cn12. The van der Waals surface area contributed by atoms with Crippen LogP contribution in [0.4, 0.5) is 5.95 Å². The first-order chi connectivity index (χ1) is 12.8. The monoisotopic (exact) mass is 369 g/mol. The highest BCUT2D eigenvalue weighted by molar-refractivity contribution is 6.29. The van der Waals surface area contributed by atoms with Gasteiger partial charge in [-0.1, -0.05) is 11.6 Å². The summed E-state index contributed by atoms with van der Waals surface area (Å²) in [7, 11) is 0. The summed E-state index contributed by atoms with van der Waals surface area (Å²) in [5.74, 6) is 1.19. The molecule has 0 aliphatic carbocycles. The number of ether oxygens (including phenoxy) is 1. The minimum atomic E-state index is 0.353. The summed E-state index contributed by atoms with van der Waals surface area (Å²) < 4.78 is 8.96. The second-order valence-electron chi connectivity index (χ2n) is 6.27. The minimum Gasteiger partial charge on any atom is -0.381 e. The van der Waals surface area contributed by atoms with Crippen LogP contribution in [-0.2, 0) is 4.74 Å². The van der Waals surface area contributed by atoms with Crippen molar-refractivity contribution < 1.29 is 4.74 Å². The van der Waals surface area contributed by atoms with E-state index in [1.54, 1.807) is 16.8 Å². The average Bonchev–Trinajstić information content (AvgIpc) is 3.26. The van der Waals surface area contributed by atoms with Gasteiger partial charge in [-0.05, 0) is 18.9 Å². The Morgan fingerprint density at radius 1 is 1.12 bits per heavy atom. The number of halogens is 1. The molecule has 8 nitrogen and oxygen atoms in total. The van der Waals surface area contributed by atoms with Gasteiger partial charge in [-0.3, -0.25) is 4.40 Å². The predicted octanol–water partition coefficient (Wildman–Crippen LogP) is 2.68. The number of hydrogen-bond acceptors (Lipinski definition) is 6. The largest absolute Gasteiger partial charge is 0.381 e. The number of aromatic nitrogens is 6. The van der Waals surface area contributed by atoms with Crippen molar-refractivity contribution >= 4 is 28.8 Å². The van der Waals surface area contributed by atoms with Crippen LogP contribution >= 0.6 is 11.6 Å². The number of hydrogen-bond donors (Lipinski definition) is 1. The van der Waals surface area contributed by atoms with E-state index in [1.165, 1.54) is 0 Å². The maximum absolute atomic E-state index is 6.15. The molecule has 5 rings (SSSR count). The van der Waals surface area contributed by atoms with Crippen LogP contribution in [0, 0.1) is 0 Å². The Hall–Kier alpha value is -2.71. The van der Waals surface area contributed by atoms with Crippen molar-refractivity contribution in [2.24, 2.45) is 0 Å². The molecule has 5 heterocycles. The highest BCUT2D eigenvalue weighted by atomic mass is 35.5. The van der Waals surface area contributed by atoms with E-state index < -0.39 is 0 Å². The third-order valence-corrected chi connectivity index (χ3v) is 4.88. The Labute approximate surface area is 153 Å². The molecule has 0 atom stereocenters. The minimum absolute atomic E-state index is 0.353. The molecule has 0 aromatic carbocycles. The first kappa shape index (κ1) is 15.5. The van der Waals surface area contributed by atoms with Gasteiger partial charge < -0.3 is 10.1 Å². The number of anilines is 1. The topological polar surface area (TPSA) is 81.6 Å². The van der Waals surface area contributed by atoms with Crippen molar-refractivity contribution in [2.75, 3.05) is 18.5 Å². The lowest BCUT2D eigenvalue weighted by Gasteiger charge is -2.22. The molecule has 0 saturated carbocycles. The lowest BCUT2D eigenvalue weighted by molar-refractivity contribution is 0.0903. The maximum atomic E-state index is 6.15. The van der Waals surface area contributed by atoms with Gasteiger partial charge in [-0.2, -0.15) is 0 Å². The summed E-state index contributed by atoms with van der Waals surface area (Å²) in [4.78, 5) is 13.0. The predicted molar refractivity (Wildman–Crippen MR) is 97.4 cm³/mol. The molecule has 0 bridgehead atoms. The summed E-state index contributed by atoms with van der Waals surface area (Å²) in [6, 6.07) is 2.35. The maximum Gasteiger partial charge on any atom is 0.241 e. The molecule has 1 fully saturated rings. The number of imidazole rings is 1. The summed E-state index contributed by atoms with van der Waals surface area (Å²) >= 11 is 6.15. The van der Waals surface area contributed by atoms with Gasteiger partial charge >= 0.3 is 0 Å². The highest BCUT2D eigenvalue weighted by Gasteiger charge is 2.15. The quantitative estimate of drug-likeness (QED) is 0.598. The van der Waals surface area contributed by atoms with Gasteiger partial charge in [0.15, 0.2) is 0 Å².